The van der Waals surface area contributed by atoms with Crippen molar-refractivity contribution in [1.29, 1.82) is 0 Å². The topological polar surface area (TPSA) is 13.0 Å². The van der Waals surface area contributed by atoms with Gasteiger partial charge in [0.2, 0.25) is 0 Å². The molecule has 416 valence electrons. The van der Waals surface area contributed by atoms with E-state index >= 15 is 0 Å². The van der Waals surface area contributed by atoms with E-state index in [9.17, 15) is 0 Å². The zero-order valence-corrected chi connectivity index (χ0v) is 48.3. The molecular weight excluding hydrogens is 1040 g/mol. The maximum Gasteiger partial charge on any atom is 0.0463 e. The first kappa shape index (κ1) is 54.6. The summed E-state index contributed by atoms with van der Waals surface area (Å²) in [4.78, 5) is 9.57. The Morgan fingerprint density at radius 1 is 0.198 bits per heavy atom. The van der Waals surface area contributed by atoms with Gasteiger partial charge in [-0.25, -0.2) is 0 Å². The Morgan fingerprint density at radius 3 is 0.698 bits per heavy atom. The van der Waals surface area contributed by atoms with Gasteiger partial charge in [-0.1, -0.05) is 232 Å². The molecular formula is C82H68N4. The van der Waals surface area contributed by atoms with Crippen LogP contribution in [0.2, 0.25) is 0 Å². The molecule has 0 heterocycles. The summed E-state index contributed by atoms with van der Waals surface area (Å²) in [5, 5.41) is 0. The minimum absolute atomic E-state index is 0.477. The predicted octanol–water partition coefficient (Wildman–Crippen LogP) is 23.2. The van der Waals surface area contributed by atoms with E-state index in [1.54, 1.807) is 0 Å². The van der Waals surface area contributed by atoms with Gasteiger partial charge in [-0.05, 0) is 191 Å². The molecule has 0 aliphatic heterocycles. The Hall–Kier alpha value is -10.7. The molecule has 0 N–H and O–H groups in total. The monoisotopic (exact) mass is 1110 g/mol. The minimum Gasteiger partial charge on any atom is -0.338 e. The largest absolute Gasteiger partial charge is 0.338 e. The predicted molar refractivity (Wildman–Crippen MR) is 368 cm³/mol. The third-order valence-electron chi connectivity index (χ3n) is 16.4. The van der Waals surface area contributed by atoms with Gasteiger partial charge in [0.15, 0.2) is 0 Å². The van der Waals surface area contributed by atoms with Crippen molar-refractivity contribution < 1.29 is 0 Å². The van der Waals surface area contributed by atoms with Crippen LogP contribution in [-0.2, 0) is 0 Å². The molecule has 1 fully saturated rings. The Kier molecular flexibility index (Phi) is 16.7. The summed E-state index contributed by atoms with van der Waals surface area (Å²) in [5.41, 5.74) is 21.7. The van der Waals surface area contributed by atoms with Crippen LogP contribution in [0.5, 0.6) is 0 Å². The van der Waals surface area contributed by atoms with E-state index in [1.165, 1.54) is 71.3 Å². The maximum atomic E-state index is 2.59. The Labute approximate surface area is 507 Å². The lowest BCUT2D eigenvalue weighted by Crippen LogP contribution is -2.32. The van der Waals surface area contributed by atoms with Crippen molar-refractivity contribution in [3.05, 3.63) is 344 Å². The van der Waals surface area contributed by atoms with Crippen molar-refractivity contribution in [1.82, 2.24) is 0 Å². The smallest absolute Gasteiger partial charge is 0.0463 e. The quantitative estimate of drug-likeness (QED) is 0.0794. The van der Waals surface area contributed by atoms with Gasteiger partial charge in [-0.3, -0.25) is 0 Å². The number of nitrogens with zero attached hydrogens (tertiary/aromatic N) is 4. The molecule has 13 rings (SSSR count). The molecule has 0 radical (unpaired) electrons. The average molecular weight is 1110 g/mol. The van der Waals surface area contributed by atoms with Gasteiger partial charge in [0.1, 0.15) is 0 Å². The average Bonchev–Trinajstić information content (AvgIpc) is 3.73. The summed E-state index contributed by atoms with van der Waals surface area (Å²) in [6, 6.07) is 116. The maximum absolute atomic E-state index is 2.59. The van der Waals surface area contributed by atoms with Gasteiger partial charge in [0, 0.05) is 68.6 Å². The fourth-order valence-corrected chi connectivity index (χ4v) is 12.0. The summed E-state index contributed by atoms with van der Waals surface area (Å²) in [5.74, 6) is 0. The van der Waals surface area contributed by atoms with Gasteiger partial charge < -0.3 is 19.6 Å². The zero-order chi connectivity index (χ0) is 57.7. The molecule has 4 heteroatoms. The van der Waals surface area contributed by atoms with E-state index in [1.807, 2.05) is 6.07 Å². The fourth-order valence-electron chi connectivity index (χ4n) is 12.0. The van der Waals surface area contributed by atoms with E-state index < -0.39 is 0 Å². The van der Waals surface area contributed by atoms with Crippen LogP contribution in [0, 0.1) is 0 Å². The molecule has 1 saturated carbocycles. The van der Waals surface area contributed by atoms with Crippen LogP contribution >= 0.6 is 0 Å². The van der Waals surface area contributed by atoms with Crippen LogP contribution in [0.25, 0.3) is 46.6 Å². The van der Waals surface area contributed by atoms with Crippen molar-refractivity contribution >= 4 is 86.9 Å². The first-order valence-electron chi connectivity index (χ1n) is 30.2. The van der Waals surface area contributed by atoms with E-state index in [0.717, 1.165) is 67.9 Å². The van der Waals surface area contributed by atoms with E-state index in [-0.39, 0.29) is 0 Å². The highest BCUT2D eigenvalue weighted by atomic mass is 15.2. The van der Waals surface area contributed by atoms with Gasteiger partial charge in [-0.2, -0.15) is 0 Å². The highest BCUT2D eigenvalue weighted by Crippen LogP contribution is 2.42. The minimum atomic E-state index is 0.477. The standard InChI is InChI=1S/C82H68N4/c1-7-19-63(20-8-1)31-33-65-35-47-75(48-36-65)83(71-23-11-3-12-24-71)77-51-39-67(40-52-77)69-43-55-79(56-44-69)85(73-27-15-5-16-28-73)81-59-61-82(62-60-81)86(74-29-17-6-18-30-74)80-57-45-70(46-58-80)68-41-53-78(54-42-68)84(72-25-13-4-14-26-72)76-49-37-66(38-50-76)34-32-64-21-9-2-10-22-64/h1-3,5-12,15-24,27-62,72H,4,13-14,25-26H2. The van der Waals surface area contributed by atoms with Crippen molar-refractivity contribution in [2.75, 3.05) is 19.6 Å². The molecule has 4 nitrogen and oxygen atoms in total. The van der Waals surface area contributed by atoms with Crippen molar-refractivity contribution in [3.63, 3.8) is 0 Å². The summed E-state index contributed by atoms with van der Waals surface area (Å²) < 4.78 is 0. The molecule has 12 aromatic carbocycles. The fraction of sp³-hybridized carbons (Fsp3) is 0.0732. The number of hydrogen-bond acceptors (Lipinski definition) is 4. The van der Waals surface area contributed by atoms with Crippen LogP contribution in [0.4, 0.5) is 62.6 Å². The Balaban J connectivity index is 0.730. The van der Waals surface area contributed by atoms with E-state index in [4.69, 9.17) is 0 Å². The second-order valence-electron chi connectivity index (χ2n) is 22.0. The molecule has 0 unspecified atom stereocenters. The van der Waals surface area contributed by atoms with Crippen LogP contribution in [0.3, 0.4) is 0 Å². The molecule has 0 saturated heterocycles. The third-order valence-corrected chi connectivity index (χ3v) is 16.4. The van der Waals surface area contributed by atoms with Crippen LogP contribution in [0.1, 0.15) is 54.4 Å². The van der Waals surface area contributed by atoms with Crippen molar-refractivity contribution in [2.45, 2.75) is 38.1 Å². The Bertz CT molecular complexity index is 4110. The molecule has 1 aliphatic carbocycles. The number of benzene rings is 12. The lowest BCUT2D eigenvalue weighted by atomic mass is 9.93. The van der Waals surface area contributed by atoms with Crippen molar-refractivity contribution in [2.24, 2.45) is 0 Å². The number of anilines is 11. The van der Waals surface area contributed by atoms with Gasteiger partial charge in [-0.15, -0.1) is 0 Å². The second-order valence-corrected chi connectivity index (χ2v) is 22.0. The normalized spacial score (nSPS) is 12.5. The van der Waals surface area contributed by atoms with E-state index in [0.29, 0.717) is 6.04 Å². The molecule has 0 spiro atoms. The van der Waals surface area contributed by atoms with Gasteiger partial charge >= 0.3 is 0 Å². The SMILES string of the molecule is C(=Cc1ccc(N(c2ccccc2)c2ccc(-c3ccc(N(c4ccccc4)c4ccc(N(c5ccccc5)c5ccc(-c6ccc(N(c7ccc(C=Cc8ccccc8)cc7)C7CCCCC7)cc6)cc5)cc4)cc3)cc2)cc1)c1ccccc1. The number of para-hydroxylation sites is 3. The van der Waals surface area contributed by atoms with Gasteiger partial charge in [0.05, 0.1) is 0 Å². The summed E-state index contributed by atoms with van der Waals surface area (Å²) >= 11 is 0. The third kappa shape index (κ3) is 12.8. The van der Waals surface area contributed by atoms with Crippen LogP contribution < -0.4 is 19.6 Å². The molecule has 0 aromatic heterocycles. The lowest BCUT2D eigenvalue weighted by Gasteiger charge is -2.36. The molecule has 0 bridgehead atoms. The van der Waals surface area contributed by atoms with Crippen LogP contribution in [0.15, 0.2) is 322 Å². The summed E-state index contributed by atoms with van der Waals surface area (Å²) in [7, 11) is 0. The first-order valence-corrected chi connectivity index (χ1v) is 30.2. The molecule has 1 aliphatic rings. The molecule has 12 aromatic rings. The second kappa shape index (κ2) is 26.3. The van der Waals surface area contributed by atoms with Crippen molar-refractivity contribution in [3.8, 4) is 22.3 Å². The van der Waals surface area contributed by atoms with Crippen LogP contribution in [-0.4, -0.2) is 6.04 Å². The molecule has 0 atom stereocenters. The van der Waals surface area contributed by atoms with E-state index in [2.05, 4.69) is 359 Å². The zero-order valence-electron chi connectivity index (χ0n) is 48.3. The summed E-state index contributed by atoms with van der Waals surface area (Å²) in [6.45, 7) is 0. The Morgan fingerprint density at radius 2 is 0.407 bits per heavy atom. The lowest BCUT2D eigenvalue weighted by molar-refractivity contribution is 0.436. The highest BCUT2D eigenvalue weighted by molar-refractivity contribution is 5.85. The number of hydrogen-bond donors (Lipinski definition) is 0. The summed E-state index contributed by atoms with van der Waals surface area (Å²) in [6.07, 6.45) is 15.0. The molecule has 86 heavy (non-hydrogen) atoms. The molecule has 0 amide bonds. The number of rotatable bonds is 18. The highest BCUT2D eigenvalue weighted by Gasteiger charge is 2.24. The first-order chi connectivity index (χ1) is 42.6. The van der Waals surface area contributed by atoms with Gasteiger partial charge in [0.25, 0.3) is 0 Å².